The fourth-order valence-corrected chi connectivity index (χ4v) is 4.19. The molecule has 8 heteroatoms. The molecule has 3 aromatic rings. The Kier molecular flexibility index (Phi) is 7.46. The number of carbonyl (C=O) groups excluding carboxylic acids is 1. The van der Waals surface area contributed by atoms with E-state index in [1.807, 2.05) is 48.5 Å². The van der Waals surface area contributed by atoms with Crippen LogP contribution in [0.3, 0.4) is 0 Å². The summed E-state index contributed by atoms with van der Waals surface area (Å²) in [6.07, 6.45) is 0.769. The Labute approximate surface area is 186 Å². The van der Waals surface area contributed by atoms with Crippen molar-refractivity contribution >= 4 is 22.6 Å². The molecule has 0 unspecified atom stereocenters. The van der Waals surface area contributed by atoms with Gasteiger partial charge in [0, 0.05) is 57.2 Å². The van der Waals surface area contributed by atoms with E-state index in [1.165, 1.54) is 17.1 Å². The minimum absolute atomic E-state index is 0.0418. The van der Waals surface area contributed by atoms with E-state index in [2.05, 4.69) is 31.6 Å². The van der Waals surface area contributed by atoms with E-state index in [4.69, 9.17) is 9.72 Å². The van der Waals surface area contributed by atoms with E-state index in [-0.39, 0.29) is 12.5 Å². The standard InChI is InChI=1S/C23H27N5O2S/c29-22(18-30-20-9-5-2-6-10-20)24-11-12-27-13-15-28(16-14-27)23-25-21(26-31-23)17-19-7-3-1-4-8-19/h1-10H,11-18H2,(H,24,29). The van der Waals surface area contributed by atoms with Crippen LogP contribution in [0.15, 0.2) is 60.7 Å². The maximum atomic E-state index is 12.0. The van der Waals surface area contributed by atoms with Gasteiger partial charge in [0.25, 0.3) is 5.91 Å². The fourth-order valence-electron chi connectivity index (χ4n) is 3.46. The van der Waals surface area contributed by atoms with Gasteiger partial charge < -0.3 is 15.0 Å². The number of nitrogens with zero attached hydrogens (tertiary/aromatic N) is 4. The first-order chi connectivity index (χ1) is 15.3. The van der Waals surface area contributed by atoms with Gasteiger partial charge in [-0.05, 0) is 17.7 Å². The normalized spacial score (nSPS) is 14.4. The zero-order valence-electron chi connectivity index (χ0n) is 17.4. The van der Waals surface area contributed by atoms with Gasteiger partial charge in [0.05, 0.1) is 0 Å². The lowest BCUT2D eigenvalue weighted by atomic mass is 10.1. The average molecular weight is 438 g/mol. The number of rotatable bonds is 9. The molecule has 1 aliphatic heterocycles. The zero-order chi connectivity index (χ0) is 21.3. The Balaban J connectivity index is 1.14. The van der Waals surface area contributed by atoms with Crippen molar-refractivity contribution in [2.45, 2.75) is 6.42 Å². The Hall–Kier alpha value is -2.97. The summed E-state index contributed by atoms with van der Waals surface area (Å²) in [4.78, 5) is 21.3. The van der Waals surface area contributed by atoms with Crippen LogP contribution < -0.4 is 15.0 Å². The molecular formula is C23H27N5O2S. The molecule has 0 saturated carbocycles. The number of amides is 1. The monoisotopic (exact) mass is 437 g/mol. The third kappa shape index (κ3) is 6.50. The molecule has 1 saturated heterocycles. The van der Waals surface area contributed by atoms with Crippen LogP contribution in [-0.4, -0.2) is 66.0 Å². The summed E-state index contributed by atoms with van der Waals surface area (Å²) in [5.74, 6) is 1.49. The quantitative estimate of drug-likeness (QED) is 0.555. The number of hydrogen-bond donors (Lipinski definition) is 1. The van der Waals surface area contributed by atoms with E-state index >= 15 is 0 Å². The number of ether oxygens (including phenoxy) is 1. The first-order valence-corrected chi connectivity index (χ1v) is 11.3. The minimum Gasteiger partial charge on any atom is -0.484 e. The van der Waals surface area contributed by atoms with Crippen molar-refractivity contribution in [2.24, 2.45) is 0 Å². The van der Waals surface area contributed by atoms with E-state index in [9.17, 15) is 4.79 Å². The molecule has 1 aromatic heterocycles. The maximum absolute atomic E-state index is 12.0. The number of para-hydroxylation sites is 1. The van der Waals surface area contributed by atoms with Gasteiger partial charge in [0.15, 0.2) is 6.61 Å². The lowest BCUT2D eigenvalue weighted by Crippen LogP contribution is -2.48. The van der Waals surface area contributed by atoms with Crippen LogP contribution in [0.1, 0.15) is 11.4 Å². The van der Waals surface area contributed by atoms with Crippen molar-refractivity contribution in [3.8, 4) is 5.75 Å². The molecule has 31 heavy (non-hydrogen) atoms. The Bertz CT molecular complexity index is 943. The number of hydrogen-bond acceptors (Lipinski definition) is 7. The largest absolute Gasteiger partial charge is 0.484 e. The molecule has 2 aromatic carbocycles. The first-order valence-electron chi connectivity index (χ1n) is 10.5. The van der Waals surface area contributed by atoms with Gasteiger partial charge in [-0.2, -0.15) is 4.37 Å². The zero-order valence-corrected chi connectivity index (χ0v) is 18.3. The predicted molar refractivity (Wildman–Crippen MR) is 123 cm³/mol. The number of piperazine rings is 1. The summed E-state index contributed by atoms with van der Waals surface area (Å²) in [6.45, 7) is 5.24. The third-order valence-electron chi connectivity index (χ3n) is 5.17. The summed E-state index contributed by atoms with van der Waals surface area (Å²) < 4.78 is 10.00. The molecular weight excluding hydrogens is 410 g/mol. The second kappa shape index (κ2) is 10.9. The summed E-state index contributed by atoms with van der Waals surface area (Å²) in [7, 11) is 0. The van der Waals surface area contributed by atoms with Crippen LogP contribution in [-0.2, 0) is 11.2 Å². The lowest BCUT2D eigenvalue weighted by molar-refractivity contribution is -0.123. The molecule has 1 aliphatic rings. The van der Waals surface area contributed by atoms with E-state index in [0.717, 1.165) is 50.1 Å². The van der Waals surface area contributed by atoms with Crippen molar-refractivity contribution in [3.63, 3.8) is 0 Å². The average Bonchev–Trinajstić information content (AvgIpc) is 3.28. The van der Waals surface area contributed by atoms with Crippen LogP contribution in [0.2, 0.25) is 0 Å². The molecule has 1 N–H and O–H groups in total. The number of benzene rings is 2. The summed E-state index contributed by atoms with van der Waals surface area (Å²) in [5.41, 5.74) is 1.23. The van der Waals surface area contributed by atoms with Gasteiger partial charge in [-0.25, -0.2) is 4.98 Å². The van der Waals surface area contributed by atoms with Gasteiger partial charge in [-0.3, -0.25) is 9.69 Å². The summed E-state index contributed by atoms with van der Waals surface area (Å²) >= 11 is 1.48. The molecule has 4 rings (SSSR count). The Morgan fingerprint density at radius 2 is 1.71 bits per heavy atom. The molecule has 1 fully saturated rings. The van der Waals surface area contributed by atoms with Gasteiger partial charge in [-0.1, -0.05) is 48.5 Å². The molecule has 162 valence electrons. The molecule has 0 radical (unpaired) electrons. The van der Waals surface area contributed by atoms with Gasteiger partial charge in [0.1, 0.15) is 11.6 Å². The first kappa shape index (κ1) is 21.3. The summed E-state index contributed by atoms with van der Waals surface area (Å²) in [5, 5.41) is 3.93. The van der Waals surface area contributed by atoms with E-state index in [1.54, 1.807) is 0 Å². The molecule has 0 atom stereocenters. The van der Waals surface area contributed by atoms with Gasteiger partial charge in [0.2, 0.25) is 5.13 Å². The fraction of sp³-hybridized carbons (Fsp3) is 0.348. The number of nitrogens with one attached hydrogen (secondary N) is 1. The summed E-state index contributed by atoms with van der Waals surface area (Å²) in [6, 6.07) is 19.7. The Morgan fingerprint density at radius 3 is 2.45 bits per heavy atom. The van der Waals surface area contributed by atoms with Gasteiger partial charge in [-0.15, -0.1) is 0 Å². The molecule has 0 bridgehead atoms. The van der Waals surface area contributed by atoms with Crippen molar-refractivity contribution in [2.75, 3.05) is 50.8 Å². The lowest BCUT2D eigenvalue weighted by Gasteiger charge is -2.34. The van der Waals surface area contributed by atoms with Crippen LogP contribution in [0.4, 0.5) is 5.13 Å². The highest BCUT2D eigenvalue weighted by Crippen LogP contribution is 2.20. The number of aromatic nitrogens is 2. The second-order valence-corrected chi connectivity index (χ2v) is 8.17. The van der Waals surface area contributed by atoms with E-state index < -0.39 is 0 Å². The highest BCUT2D eigenvalue weighted by Gasteiger charge is 2.20. The van der Waals surface area contributed by atoms with Crippen LogP contribution >= 0.6 is 11.5 Å². The van der Waals surface area contributed by atoms with Crippen molar-refractivity contribution < 1.29 is 9.53 Å². The number of anilines is 1. The third-order valence-corrected chi connectivity index (χ3v) is 5.98. The molecule has 0 aliphatic carbocycles. The van der Waals surface area contributed by atoms with Crippen LogP contribution in [0.25, 0.3) is 0 Å². The topological polar surface area (TPSA) is 70.6 Å². The van der Waals surface area contributed by atoms with Gasteiger partial charge >= 0.3 is 0 Å². The van der Waals surface area contributed by atoms with E-state index in [0.29, 0.717) is 12.3 Å². The maximum Gasteiger partial charge on any atom is 0.257 e. The Morgan fingerprint density at radius 1 is 1.00 bits per heavy atom. The van der Waals surface area contributed by atoms with Crippen molar-refractivity contribution in [1.29, 1.82) is 0 Å². The van der Waals surface area contributed by atoms with Crippen molar-refractivity contribution in [1.82, 2.24) is 19.6 Å². The number of carbonyl (C=O) groups is 1. The SMILES string of the molecule is O=C(COc1ccccc1)NCCN1CCN(c2nc(Cc3ccccc3)ns2)CC1. The van der Waals surface area contributed by atoms with Crippen LogP contribution in [0, 0.1) is 0 Å². The molecule has 0 spiro atoms. The smallest absolute Gasteiger partial charge is 0.257 e. The van der Waals surface area contributed by atoms with Crippen molar-refractivity contribution in [3.05, 3.63) is 72.1 Å². The minimum atomic E-state index is -0.0951. The second-order valence-electron chi connectivity index (χ2n) is 7.44. The highest BCUT2D eigenvalue weighted by atomic mass is 32.1. The van der Waals surface area contributed by atoms with Crippen LogP contribution in [0.5, 0.6) is 5.75 Å². The molecule has 1 amide bonds. The molecule has 7 nitrogen and oxygen atoms in total. The predicted octanol–water partition coefficient (Wildman–Crippen LogP) is 2.45. The highest BCUT2D eigenvalue weighted by molar-refractivity contribution is 7.09. The molecule has 2 heterocycles.